The first-order chi connectivity index (χ1) is 22.6. The number of nitrogens with one attached hydrogen (secondary N) is 1. The second-order valence-electron chi connectivity index (χ2n) is 16.6. The highest BCUT2D eigenvalue weighted by molar-refractivity contribution is 5.02. The van der Waals surface area contributed by atoms with Crippen LogP contribution in [-0.2, 0) is 9.68 Å². The summed E-state index contributed by atoms with van der Waals surface area (Å²) in [7, 11) is 4.33. The lowest BCUT2D eigenvalue weighted by atomic mass is 9.48. The summed E-state index contributed by atoms with van der Waals surface area (Å²) in [6.45, 7) is 8.46. The van der Waals surface area contributed by atoms with E-state index in [-0.39, 0.29) is 0 Å². The second-order valence-corrected chi connectivity index (χ2v) is 16.6. The van der Waals surface area contributed by atoms with Gasteiger partial charge in [-0.15, -0.1) is 0 Å². The molecule has 5 heteroatoms. The Morgan fingerprint density at radius 3 is 2.04 bits per heavy atom. The largest absolute Gasteiger partial charge is 0.309 e. The van der Waals surface area contributed by atoms with Gasteiger partial charge in [-0.05, 0) is 113 Å². The molecule has 0 saturated heterocycles. The summed E-state index contributed by atoms with van der Waals surface area (Å²) in [5.41, 5.74) is 3.86. The molecule has 0 amide bonds. The van der Waals surface area contributed by atoms with Crippen LogP contribution in [0, 0.1) is 40.9 Å². The van der Waals surface area contributed by atoms with Crippen LogP contribution in [0.4, 0.5) is 0 Å². The van der Waals surface area contributed by atoms with Gasteiger partial charge in [0.2, 0.25) is 0 Å². The SMILES string of the molecule is CCCCCCC1CC[C@@]2(CCCCCCC2CONCCCN(C)C)C(CC2CCCCCCC2CON)C1CCCCCC. The Morgan fingerprint density at radius 1 is 0.674 bits per heavy atom. The number of hydrogen-bond acceptors (Lipinski definition) is 5. The van der Waals surface area contributed by atoms with Crippen LogP contribution in [0.15, 0.2) is 0 Å². The van der Waals surface area contributed by atoms with Gasteiger partial charge >= 0.3 is 0 Å². The molecule has 3 saturated carbocycles. The molecule has 3 rings (SSSR count). The minimum atomic E-state index is 0.428. The number of rotatable bonds is 21. The monoisotopic (exact) mass is 648 g/mol. The van der Waals surface area contributed by atoms with Crippen molar-refractivity contribution in [2.24, 2.45) is 46.8 Å². The standard InChI is InChI=1S/C41H81N3O2/c1-5-7-9-15-22-35-27-29-41(28-20-14-13-18-25-38(41)34-46-43-30-21-31-44(3)4)40(39(35)26-19-10-8-6-2)32-36-23-16-11-12-17-24-37(36)33-45-42/h35-40,43H,5-34,42H2,1-4H3/t35?,36?,37?,38?,39?,40?,41-/m1/s1. The van der Waals surface area contributed by atoms with Crippen LogP contribution >= 0.6 is 0 Å². The van der Waals surface area contributed by atoms with E-state index in [2.05, 4.69) is 38.3 Å². The van der Waals surface area contributed by atoms with E-state index in [0.29, 0.717) is 17.3 Å². The van der Waals surface area contributed by atoms with Gasteiger partial charge in [-0.2, -0.15) is 0 Å². The zero-order valence-electron chi connectivity index (χ0n) is 31.5. The quantitative estimate of drug-likeness (QED) is 0.0959. The molecule has 3 aliphatic carbocycles. The van der Waals surface area contributed by atoms with Gasteiger partial charge in [-0.25, -0.2) is 11.4 Å². The molecule has 7 atom stereocenters. The van der Waals surface area contributed by atoms with E-state index >= 15 is 0 Å². The molecular formula is C41H81N3O2. The zero-order valence-corrected chi connectivity index (χ0v) is 31.5. The molecule has 3 aliphatic rings. The highest BCUT2D eigenvalue weighted by Gasteiger charge is 2.52. The highest BCUT2D eigenvalue weighted by atomic mass is 16.6. The van der Waals surface area contributed by atoms with E-state index in [9.17, 15) is 0 Å². The number of unbranched alkanes of at least 4 members (excludes halogenated alkanes) is 6. The summed E-state index contributed by atoms with van der Waals surface area (Å²) in [5.74, 6) is 10.5. The van der Waals surface area contributed by atoms with Crippen molar-refractivity contribution in [3.8, 4) is 0 Å². The summed E-state index contributed by atoms with van der Waals surface area (Å²) in [4.78, 5) is 14.2. The Labute approximate surface area is 287 Å². The maximum absolute atomic E-state index is 6.48. The van der Waals surface area contributed by atoms with E-state index in [1.165, 1.54) is 161 Å². The molecule has 0 bridgehead atoms. The van der Waals surface area contributed by atoms with Crippen molar-refractivity contribution in [1.29, 1.82) is 0 Å². The maximum atomic E-state index is 6.48. The van der Waals surface area contributed by atoms with Crippen LogP contribution in [0.25, 0.3) is 0 Å². The molecule has 3 N–H and O–H groups in total. The molecule has 0 heterocycles. The molecule has 0 radical (unpaired) electrons. The van der Waals surface area contributed by atoms with Crippen molar-refractivity contribution >= 4 is 0 Å². The molecule has 0 aromatic carbocycles. The first-order valence-corrected chi connectivity index (χ1v) is 20.9. The normalized spacial score (nSPS) is 31.4. The maximum Gasteiger partial charge on any atom is 0.0715 e. The van der Waals surface area contributed by atoms with E-state index in [1.54, 1.807) is 0 Å². The minimum Gasteiger partial charge on any atom is -0.309 e. The van der Waals surface area contributed by atoms with Crippen LogP contribution in [0.3, 0.4) is 0 Å². The van der Waals surface area contributed by atoms with Crippen molar-refractivity contribution in [2.45, 2.75) is 181 Å². The molecule has 5 nitrogen and oxygen atoms in total. The molecule has 272 valence electrons. The van der Waals surface area contributed by atoms with Gasteiger partial charge in [0.15, 0.2) is 0 Å². The zero-order chi connectivity index (χ0) is 32.9. The Bertz CT molecular complexity index is 734. The van der Waals surface area contributed by atoms with Crippen LogP contribution in [0.5, 0.6) is 0 Å². The van der Waals surface area contributed by atoms with E-state index in [0.717, 1.165) is 56.4 Å². The lowest BCUT2D eigenvalue weighted by Gasteiger charge is -2.57. The number of nitrogens with zero attached hydrogens (tertiary/aromatic N) is 1. The highest BCUT2D eigenvalue weighted by Crippen LogP contribution is 2.60. The Balaban J connectivity index is 1.94. The molecule has 6 unspecified atom stereocenters. The predicted octanol–water partition coefficient (Wildman–Crippen LogP) is 10.9. The minimum absolute atomic E-state index is 0.428. The topological polar surface area (TPSA) is 59.8 Å². The molecule has 1 spiro atoms. The molecule has 0 aliphatic heterocycles. The summed E-state index contributed by atoms with van der Waals surface area (Å²) in [6.07, 6.45) is 36.3. The number of hydroxylamine groups is 1. The van der Waals surface area contributed by atoms with Gasteiger partial charge in [0.25, 0.3) is 0 Å². The van der Waals surface area contributed by atoms with E-state index in [4.69, 9.17) is 15.6 Å². The van der Waals surface area contributed by atoms with Crippen molar-refractivity contribution in [3.63, 3.8) is 0 Å². The number of nitrogens with two attached hydrogens (primary N) is 1. The van der Waals surface area contributed by atoms with Gasteiger partial charge in [0.1, 0.15) is 0 Å². The summed E-state index contributed by atoms with van der Waals surface area (Å²) in [5, 5.41) is 0. The van der Waals surface area contributed by atoms with Crippen LogP contribution < -0.4 is 11.4 Å². The first-order valence-electron chi connectivity index (χ1n) is 20.9. The Morgan fingerprint density at radius 2 is 1.35 bits per heavy atom. The van der Waals surface area contributed by atoms with Crippen LogP contribution in [0.1, 0.15) is 181 Å². The van der Waals surface area contributed by atoms with Crippen LogP contribution in [-0.4, -0.2) is 45.3 Å². The van der Waals surface area contributed by atoms with Crippen molar-refractivity contribution < 1.29 is 9.68 Å². The van der Waals surface area contributed by atoms with Crippen molar-refractivity contribution in [1.82, 2.24) is 10.4 Å². The Hall–Kier alpha value is -0.200. The Kier molecular flexibility index (Phi) is 21.0. The lowest BCUT2D eigenvalue weighted by Crippen LogP contribution is -2.51. The molecule has 3 fully saturated rings. The van der Waals surface area contributed by atoms with Gasteiger partial charge < -0.3 is 14.6 Å². The summed E-state index contributed by atoms with van der Waals surface area (Å²) < 4.78 is 0. The van der Waals surface area contributed by atoms with E-state index < -0.39 is 0 Å². The molecule has 46 heavy (non-hydrogen) atoms. The average Bonchev–Trinajstić information content (AvgIpc) is 3.02. The van der Waals surface area contributed by atoms with Gasteiger partial charge in [0.05, 0.1) is 13.2 Å². The van der Waals surface area contributed by atoms with Crippen LogP contribution in [0.2, 0.25) is 0 Å². The smallest absolute Gasteiger partial charge is 0.0715 e. The number of hydrogen-bond donors (Lipinski definition) is 2. The first kappa shape index (κ1) is 40.2. The fraction of sp³-hybridized carbons (Fsp3) is 1.00. The fourth-order valence-corrected chi connectivity index (χ4v) is 10.5. The molecular weight excluding hydrogens is 566 g/mol. The summed E-state index contributed by atoms with van der Waals surface area (Å²) >= 11 is 0. The van der Waals surface area contributed by atoms with Gasteiger partial charge in [0, 0.05) is 6.54 Å². The summed E-state index contributed by atoms with van der Waals surface area (Å²) in [6, 6.07) is 0. The van der Waals surface area contributed by atoms with Gasteiger partial charge in [-0.1, -0.05) is 129 Å². The predicted molar refractivity (Wildman–Crippen MR) is 197 cm³/mol. The molecule has 0 aromatic heterocycles. The average molecular weight is 648 g/mol. The third kappa shape index (κ3) is 13.6. The lowest BCUT2D eigenvalue weighted by molar-refractivity contribution is -0.113. The van der Waals surface area contributed by atoms with Crippen molar-refractivity contribution in [2.75, 3.05) is 40.4 Å². The van der Waals surface area contributed by atoms with E-state index in [1.807, 2.05) is 0 Å². The third-order valence-corrected chi connectivity index (χ3v) is 13.1. The van der Waals surface area contributed by atoms with Crippen molar-refractivity contribution in [3.05, 3.63) is 0 Å². The fourth-order valence-electron chi connectivity index (χ4n) is 10.5. The molecule has 0 aromatic rings. The second kappa shape index (κ2) is 24.0. The third-order valence-electron chi connectivity index (χ3n) is 13.1. The van der Waals surface area contributed by atoms with Gasteiger partial charge in [-0.3, -0.25) is 0 Å².